The van der Waals surface area contributed by atoms with E-state index in [1.54, 1.807) is 6.07 Å². The van der Waals surface area contributed by atoms with Gasteiger partial charge in [0.05, 0.1) is 6.10 Å². The maximum absolute atomic E-state index is 13.6. The Labute approximate surface area is 114 Å². The van der Waals surface area contributed by atoms with Crippen molar-refractivity contribution in [2.45, 2.75) is 50.7 Å². The van der Waals surface area contributed by atoms with E-state index in [9.17, 15) is 4.39 Å². The Bertz CT molecular complexity index is 429. The summed E-state index contributed by atoms with van der Waals surface area (Å²) in [6, 6.07) is 5.77. The number of halogens is 1. The molecule has 2 unspecified atom stereocenters. The quantitative estimate of drug-likeness (QED) is 0.899. The molecule has 1 saturated heterocycles. The number of nitrogens with one attached hydrogen (secondary N) is 1. The van der Waals surface area contributed by atoms with Crippen molar-refractivity contribution in [2.24, 2.45) is 0 Å². The van der Waals surface area contributed by atoms with E-state index >= 15 is 0 Å². The Balaban J connectivity index is 1.51. The van der Waals surface area contributed by atoms with Crippen molar-refractivity contribution in [2.75, 3.05) is 13.2 Å². The van der Waals surface area contributed by atoms with Crippen LogP contribution in [0.4, 0.5) is 4.39 Å². The maximum atomic E-state index is 13.6. The fourth-order valence-electron chi connectivity index (χ4n) is 3.28. The van der Waals surface area contributed by atoms with Gasteiger partial charge in [-0.1, -0.05) is 12.1 Å². The van der Waals surface area contributed by atoms with Crippen LogP contribution in [0.2, 0.25) is 0 Å². The molecule has 0 amide bonds. The smallest absolute Gasteiger partial charge is 0.126 e. The number of benzene rings is 1. The van der Waals surface area contributed by atoms with Crippen LogP contribution >= 0.6 is 0 Å². The third-order valence-corrected chi connectivity index (χ3v) is 4.34. The molecule has 2 nitrogen and oxygen atoms in total. The zero-order valence-corrected chi connectivity index (χ0v) is 11.3. The molecule has 3 heteroatoms. The topological polar surface area (TPSA) is 21.3 Å². The lowest BCUT2D eigenvalue weighted by atomic mass is 10.1. The van der Waals surface area contributed by atoms with Crippen LogP contribution in [0.5, 0.6) is 0 Å². The third-order valence-electron chi connectivity index (χ3n) is 4.34. The molecule has 19 heavy (non-hydrogen) atoms. The van der Waals surface area contributed by atoms with Gasteiger partial charge in [0, 0.05) is 12.6 Å². The molecule has 1 aromatic carbocycles. The van der Waals surface area contributed by atoms with Gasteiger partial charge in [0.15, 0.2) is 0 Å². The zero-order valence-electron chi connectivity index (χ0n) is 11.3. The predicted octanol–water partition coefficient (Wildman–Crippen LogP) is 3.36. The van der Waals surface area contributed by atoms with Crippen molar-refractivity contribution in [3.05, 3.63) is 35.1 Å². The van der Waals surface area contributed by atoms with Crippen LogP contribution in [0.15, 0.2) is 18.2 Å². The first kappa shape index (κ1) is 13.1. The van der Waals surface area contributed by atoms with Crippen LogP contribution in [0.1, 0.15) is 49.3 Å². The molecule has 1 N–H and O–H groups in total. The van der Waals surface area contributed by atoms with Gasteiger partial charge in [0.25, 0.3) is 0 Å². The Hall–Kier alpha value is -0.930. The molecule has 1 fully saturated rings. The van der Waals surface area contributed by atoms with Gasteiger partial charge in [-0.3, -0.25) is 0 Å². The van der Waals surface area contributed by atoms with E-state index in [0.29, 0.717) is 12.1 Å². The van der Waals surface area contributed by atoms with Crippen molar-refractivity contribution in [3.63, 3.8) is 0 Å². The van der Waals surface area contributed by atoms with Crippen LogP contribution in [-0.4, -0.2) is 19.3 Å². The molecular formula is C16H22FNO. The van der Waals surface area contributed by atoms with Gasteiger partial charge >= 0.3 is 0 Å². The first-order valence-electron chi connectivity index (χ1n) is 7.47. The molecule has 1 aliphatic carbocycles. The lowest BCUT2D eigenvalue weighted by molar-refractivity contribution is 0.0112. The second-order valence-electron chi connectivity index (χ2n) is 5.63. The molecule has 1 heterocycles. The molecule has 2 atom stereocenters. The van der Waals surface area contributed by atoms with E-state index in [-0.39, 0.29) is 5.82 Å². The van der Waals surface area contributed by atoms with E-state index in [1.807, 2.05) is 6.07 Å². The second-order valence-corrected chi connectivity index (χ2v) is 5.63. The fraction of sp³-hybridized carbons (Fsp3) is 0.625. The summed E-state index contributed by atoms with van der Waals surface area (Å²) in [7, 11) is 0. The van der Waals surface area contributed by atoms with Crippen molar-refractivity contribution in [3.8, 4) is 0 Å². The Morgan fingerprint density at radius 3 is 3.05 bits per heavy atom. The predicted molar refractivity (Wildman–Crippen MR) is 73.7 cm³/mol. The van der Waals surface area contributed by atoms with Gasteiger partial charge in [-0.05, 0) is 62.3 Å². The molecule has 3 rings (SSSR count). The highest BCUT2D eigenvalue weighted by molar-refractivity contribution is 5.35. The van der Waals surface area contributed by atoms with Crippen molar-refractivity contribution >= 4 is 0 Å². The second kappa shape index (κ2) is 6.02. The van der Waals surface area contributed by atoms with Gasteiger partial charge in [-0.2, -0.15) is 0 Å². The van der Waals surface area contributed by atoms with E-state index < -0.39 is 0 Å². The maximum Gasteiger partial charge on any atom is 0.126 e. The molecular weight excluding hydrogens is 241 g/mol. The average molecular weight is 263 g/mol. The van der Waals surface area contributed by atoms with Crippen LogP contribution < -0.4 is 5.32 Å². The molecule has 0 aromatic heterocycles. The SMILES string of the molecule is Fc1cccc2c1CCC2NCCC1CCCCO1. The lowest BCUT2D eigenvalue weighted by Crippen LogP contribution is -2.27. The van der Waals surface area contributed by atoms with E-state index in [2.05, 4.69) is 11.4 Å². The summed E-state index contributed by atoms with van der Waals surface area (Å²) in [5.74, 6) is -0.0441. The highest BCUT2D eigenvalue weighted by atomic mass is 19.1. The largest absolute Gasteiger partial charge is 0.378 e. The minimum atomic E-state index is -0.0441. The Morgan fingerprint density at radius 2 is 2.21 bits per heavy atom. The van der Waals surface area contributed by atoms with Crippen molar-refractivity contribution in [1.29, 1.82) is 0 Å². The van der Waals surface area contributed by atoms with Crippen LogP contribution in [-0.2, 0) is 11.2 Å². The van der Waals surface area contributed by atoms with Crippen LogP contribution in [0.25, 0.3) is 0 Å². The zero-order chi connectivity index (χ0) is 13.1. The summed E-state index contributed by atoms with van der Waals surface area (Å²) in [5.41, 5.74) is 2.07. The summed E-state index contributed by atoms with van der Waals surface area (Å²) in [4.78, 5) is 0. The first-order chi connectivity index (χ1) is 9.34. The van der Waals surface area contributed by atoms with E-state index in [4.69, 9.17) is 4.74 Å². The van der Waals surface area contributed by atoms with Gasteiger partial charge in [-0.25, -0.2) is 4.39 Å². The van der Waals surface area contributed by atoms with Crippen molar-refractivity contribution in [1.82, 2.24) is 5.32 Å². The normalized spacial score (nSPS) is 26.4. The number of rotatable bonds is 4. The van der Waals surface area contributed by atoms with Gasteiger partial charge < -0.3 is 10.1 Å². The highest BCUT2D eigenvalue weighted by Crippen LogP contribution is 2.32. The lowest BCUT2D eigenvalue weighted by Gasteiger charge is -2.23. The minimum Gasteiger partial charge on any atom is -0.378 e. The average Bonchev–Trinajstić information content (AvgIpc) is 2.85. The molecule has 0 radical (unpaired) electrons. The summed E-state index contributed by atoms with van der Waals surface area (Å²) < 4.78 is 19.4. The number of hydrogen-bond donors (Lipinski definition) is 1. The fourth-order valence-corrected chi connectivity index (χ4v) is 3.28. The minimum absolute atomic E-state index is 0.0441. The van der Waals surface area contributed by atoms with Gasteiger partial charge in [0.1, 0.15) is 5.82 Å². The van der Waals surface area contributed by atoms with Gasteiger partial charge in [0.2, 0.25) is 0 Å². The highest BCUT2D eigenvalue weighted by Gasteiger charge is 2.24. The molecule has 104 valence electrons. The Kier molecular flexibility index (Phi) is 4.14. The standard InChI is InChI=1S/C16H22FNO/c17-15-6-3-5-14-13(15)7-8-16(14)18-10-9-12-4-1-2-11-19-12/h3,5-6,12,16,18H,1-2,4,7-11H2. The molecule has 0 bridgehead atoms. The van der Waals surface area contributed by atoms with E-state index in [1.165, 1.54) is 19.3 Å². The molecule has 0 saturated carbocycles. The molecule has 1 aliphatic heterocycles. The number of ether oxygens (including phenoxy) is 1. The van der Waals surface area contributed by atoms with E-state index in [0.717, 1.165) is 43.5 Å². The number of fused-ring (bicyclic) bond motifs is 1. The Morgan fingerprint density at radius 1 is 1.26 bits per heavy atom. The molecule has 1 aromatic rings. The summed E-state index contributed by atoms with van der Waals surface area (Å²) >= 11 is 0. The first-order valence-corrected chi connectivity index (χ1v) is 7.47. The summed E-state index contributed by atoms with van der Waals surface area (Å²) in [5, 5.41) is 3.57. The van der Waals surface area contributed by atoms with Crippen molar-refractivity contribution < 1.29 is 9.13 Å². The number of hydrogen-bond acceptors (Lipinski definition) is 2. The molecule has 0 spiro atoms. The van der Waals surface area contributed by atoms with Crippen LogP contribution in [0.3, 0.4) is 0 Å². The summed E-state index contributed by atoms with van der Waals surface area (Å²) in [6.07, 6.45) is 7.07. The summed E-state index contributed by atoms with van der Waals surface area (Å²) in [6.45, 7) is 1.88. The van der Waals surface area contributed by atoms with Crippen LogP contribution in [0, 0.1) is 5.82 Å². The third kappa shape index (κ3) is 2.98. The monoisotopic (exact) mass is 263 g/mol. The molecule has 2 aliphatic rings. The van der Waals surface area contributed by atoms with Gasteiger partial charge in [-0.15, -0.1) is 0 Å².